The molecule has 0 unspecified atom stereocenters. The predicted octanol–water partition coefficient (Wildman–Crippen LogP) is 14.6. The predicted molar refractivity (Wildman–Crippen MR) is 231 cm³/mol. The van der Waals surface area contributed by atoms with Crippen molar-refractivity contribution in [1.29, 1.82) is 0 Å². The fourth-order valence-electron chi connectivity index (χ4n) is 10.3. The van der Waals surface area contributed by atoms with Gasteiger partial charge in [-0.05, 0) is 87.8 Å². The van der Waals surface area contributed by atoms with Gasteiger partial charge in [-0.2, -0.15) is 0 Å². The lowest BCUT2D eigenvalue weighted by Gasteiger charge is -2.31. The molecule has 2 heterocycles. The minimum atomic E-state index is -0.440. The van der Waals surface area contributed by atoms with Crippen LogP contribution in [0.3, 0.4) is 0 Å². The fourth-order valence-corrected chi connectivity index (χ4v) is 10.3. The van der Waals surface area contributed by atoms with Gasteiger partial charge in [0.15, 0.2) is 5.58 Å². The molecule has 0 radical (unpaired) electrons. The lowest BCUT2D eigenvalue weighted by Crippen LogP contribution is -2.23. The van der Waals surface area contributed by atoms with E-state index >= 15 is 0 Å². The summed E-state index contributed by atoms with van der Waals surface area (Å²) in [5, 5.41) is 4.36. The number of anilines is 3. The highest BCUT2D eigenvalue weighted by Gasteiger charge is 2.43. The molecule has 2 aliphatic rings. The maximum absolute atomic E-state index is 7.09. The van der Waals surface area contributed by atoms with Crippen LogP contribution in [0.4, 0.5) is 17.1 Å². The second-order valence-electron chi connectivity index (χ2n) is 16.1. The second-order valence-corrected chi connectivity index (χ2v) is 16.1. The minimum Gasteiger partial charge on any atom is -0.456 e. The normalized spacial score (nSPS) is 14.6. The molecule has 10 aromatic rings. The Morgan fingerprint density at radius 2 is 0.946 bits per heavy atom. The average molecular weight is 720 g/mol. The van der Waals surface area contributed by atoms with Crippen LogP contribution >= 0.6 is 0 Å². The number of furan rings is 2. The van der Waals surface area contributed by atoms with E-state index in [4.69, 9.17) is 8.83 Å². The molecule has 0 atom stereocenters. The zero-order chi connectivity index (χ0) is 37.3. The molecule has 56 heavy (non-hydrogen) atoms. The molecule has 8 aromatic carbocycles. The molecule has 0 fully saturated rings. The fraction of sp³-hybridized carbons (Fsp3) is 0.0943. The Morgan fingerprint density at radius 1 is 0.393 bits per heavy atom. The summed E-state index contributed by atoms with van der Waals surface area (Å²) >= 11 is 0. The van der Waals surface area contributed by atoms with Crippen molar-refractivity contribution in [2.24, 2.45) is 0 Å². The van der Waals surface area contributed by atoms with Gasteiger partial charge in [0.2, 0.25) is 0 Å². The van der Waals surface area contributed by atoms with E-state index in [9.17, 15) is 0 Å². The van der Waals surface area contributed by atoms with Crippen LogP contribution < -0.4 is 4.90 Å². The Morgan fingerprint density at radius 3 is 1.68 bits per heavy atom. The van der Waals surface area contributed by atoms with Crippen LogP contribution in [0.25, 0.3) is 66.1 Å². The summed E-state index contributed by atoms with van der Waals surface area (Å²) in [6, 6.07) is 61.6. The van der Waals surface area contributed by atoms with E-state index in [2.05, 4.69) is 189 Å². The third-order valence-corrected chi connectivity index (χ3v) is 13.0. The van der Waals surface area contributed by atoms with E-state index in [1.807, 2.05) is 6.07 Å². The molecule has 0 amide bonds. The van der Waals surface area contributed by atoms with Crippen LogP contribution in [-0.2, 0) is 10.8 Å². The van der Waals surface area contributed by atoms with Crippen LogP contribution in [0, 0.1) is 0 Å². The largest absolute Gasteiger partial charge is 0.456 e. The molecule has 3 heteroatoms. The molecule has 0 saturated carbocycles. The van der Waals surface area contributed by atoms with Crippen LogP contribution in [0.1, 0.15) is 48.6 Å². The summed E-state index contributed by atoms with van der Waals surface area (Å²) in [5.41, 5.74) is 17.5. The summed E-state index contributed by atoms with van der Waals surface area (Å²) in [5.74, 6) is 0. The molecule has 3 nitrogen and oxygen atoms in total. The lowest BCUT2D eigenvalue weighted by atomic mass is 9.73. The van der Waals surface area contributed by atoms with Gasteiger partial charge in [-0.3, -0.25) is 0 Å². The van der Waals surface area contributed by atoms with Gasteiger partial charge < -0.3 is 13.7 Å². The molecule has 266 valence electrons. The maximum atomic E-state index is 7.09. The molecule has 0 spiro atoms. The topological polar surface area (TPSA) is 29.5 Å². The van der Waals surface area contributed by atoms with Crippen molar-refractivity contribution in [3.05, 3.63) is 198 Å². The van der Waals surface area contributed by atoms with Crippen molar-refractivity contribution in [2.75, 3.05) is 4.90 Å². The zero-order valence-electron chi connectivity index (χ0n) is 31.4. The van der Waals surface area contributed by atoms with Gasteiger partial charge in [0.05, 0.1) is 16.8 Å². The maximum Gasteiger partial charge on any atom is 0.159 e. The van der Waals surface area contributed by atoms with E-state index in [0.717, 1.165) is 66.5 Å². The van der Waals surface area contributed by atoms with Crippen LogP contribution in [0.15, 0.2) is 179 Å². The molecule has 0 aliphatic heterocycles. The number of rotatable bonds is 4. The van der Waals surface area contributed by atoms with E-state index < -0.39 is 5.41 Å². The molecule has 0 saturated heterocycles. The van der Waals surface area contributed by atoms with Gasteiger partial charge in [0, 0.05) is 38.2 Å². The number of para-hydroxylation sites is 3. The smallest absolute Gasteiger partial charge is 0.159 e. The molecule has 12 rings (SSSR count). The van der Waals surface area contributed by atoms with Crippen LogP contribution in [0.2, 0.25) is 0 Å². The van der Waals surface area contributed by atoms with Crippen LogP contribution in [-0.4, -0.2) is 0 Å². The molecular formula is C53H37NO2. The van der Waals surface area contributed by atoms with Gasteiger partial charge in [0.1, 0.15) is 16.7 Å². The second kappa shape index (κ2) is 11.1. The Hall–Kier alpha value is -6.84. The number of nitrogens with zero attached hydrogens (tertiary/aromatic N) is 1. The first kappa shape index (κ1) is 31.5. The molecular weight excluding hydrogens is 683 g/mol. The number of hydrogen-bond donors (Lipinski definition) is 0. The molecule has 2 aliphatic carbocycles. The van der Waals surface area contributed by atoms with Crippen molar-refractivity contribution in [2.45, 2.75) is 31.6 Å². The monoisotopic (exact) mass is 719 g/mol. The zero-order valence-corrected chi connectivity index (χ0v) is 31.4. The van der Waals surface area contributed by atoms with Gasteiger partial charge in [-0.1, -0.05) is 147 Å². The average Bonchev–Trinajstić information content (AvgIpc) is 3.95. The SMILES string of the molecule is CC1(C)c2ccccc2-c2ccc(N(c3cccc4c3oc3ccccc34)c3ccc(C4(C)c5ccccc5-c5ccccc54)c4oc5ccccc5c34)cc21. The lowest BCUT2D eigenvalue weighted by molar-refractivity contribution is 0.637. The van der Waals surface area contributed by atoms with Gasteiger partial charge in [-0.15, -0.1) is 0 Å². The van der Waals surface area contributed by atoms with Crippen molar-refractivity contribution in [1.82, 2.24) is 0 Å². The van der Waals surface area contributed by atoms with E-state index in [1.165, 1.54) is 44.5 Å². The molecule has 2 aromatic heterocycles. The standard InChI is InChI=1S/C53H37NO2/c1-52(2)40-21-9-4-15-33(40)36-28-27-32(31-44(36)52)54(46-24-14-20-38-37-18-7-12-25-47(37)55-50(38)46)45-30-29-43(51-49(45)39-19-8-13-26-48(39)56-51)53(3)41-22-10-5-16-34(41)35-17-6-11-23-42(35)53/h4-31H,1-3H3. The Bertz CT molecular complexity index is 3220. The first-order valence-electron chi connectivity index (χ1n) is 19.5. The van der Waals surface area contributed by atoms with E-state index in [0.29, 0.717) is 0 Å². The van der Waals surface area contributed by atoms with Crippen molar-refractivity contribution >= 4 is 60.9 Å². The van der Waals surface area contributed by atoms with E-state index in [1.54, 1.807) is 0 Å². The first-order chi connectivity index (χ1) is 27.4. The Kier molecular flexibility index (Phi) is 6.25. The molecule has 0 N–H and O–H groups in total. The minimum absolute atomic E-state index is 0.168. The highest BCUT2D eigenvalue weighted by molar-refractivity contribution is 6.17. The Labute approximate surface area is 325 Å². The quantitative estimate of drug-likeness (QED) is 0.181. The third-order valence-electron chi connectivity index (χ3n) is 13.0. The highest BCUT2D eigenvalue weighted by atomic mass is 16.3. The summed E-state index contributed by atoms with van der Waals surface area (Å²) in [6.07, 6.45) is 0. The van der Waals surface area contributed by atoms with Crippen molar-refractivity contribution < 1.29 is 8.83 Å². The summed E-state index contributed by atoms with van der Waals surface area (Å²) < 4.78 is 13.9. The summed E-state index contributed by atoms with van der Waals surface area (Å²) in [4.78, 5) is 2.41. The first-order valence-corrected chi connectivity index (χ1v) is 19.5. The summed E-state index contributed by atoms with van der Waals surface area (Å²) in [6.45, 7) is 7.06. The number of hydrogen-bond acceptors (Lipinski definition) is 3. The molecule has 0 bridgehead atoms. The highest BCUT2D eigenvalue weighted by Crippen LogP contribution is 2.57. The van der Waals surface area contributed by atoms with Crippen molar-refractivity contribution in [3.63, 3.8) is 0 Å². The Balaban J connectivity index is 1.18. The summed E-state index contributed by atoms with van der Waals surface area (Å²) in [7, 11) is 0. The van der Waals surface area contributed by atoms with E-state index in [-0.39, 0.29) is 5.41 Å². The number of benzene rings is 8. The third kappa shape index (κ3) is 4.02. The van der Waals surface area contributed by atoms with Crippen LogP contribution in [0.5, 0.6) is 0 Å². The van der Waals surface area contributed by atoms with Gasteiger partial charge in [-0.25, -0.2) is 0 Å². The van der Waals surface area contributed by atoms with Crippen molar-refractivity contribution in [3.8, 4) is 22.3 Å². The van der Waals surface area contributed by atoms with Gasteiger partial charge in [0.25, 0.3) is 0 Å². The van der Waals surface area contributed by atoms with Gasteiger partial charge >= 0.3 is 0 Å². The number of fused-ring (bicyclic) bond motifs is 12.